The smallest absolute Gasteiger partial charge is 0.171 e. The summed E-state index contributed by atoms with van der Waals surface area (Å²) in [4.78, 5) is 0. The molecule has 0 aromatic rings. The van der Waals surface area contributed by atoms with Crippen molar-refractivity contribution in [2.45, 2.75) is 38.3 Å². The van der Waals surface area contributed by atoms with Crippen LogP contribution >= 0.6 is 0 Å². The van der Waals surface area contributed by atoms with E-state index in [1.54, 1.807) is 0 Å². The molecule has 0 aliphatic heterocycles. The highest BCUT2D eigenvalue weighted by molar-refractivity contribution is 5.01. The van der Waals surface area contributed by atoms with Crippen LogP contribution in [0, 0.1) is 17.8 Å². The predicted octanol–water partition coefficient (Wildman–Crippen LogP) is 3.93. The monoisotopic (exact) mass is 204 g/mol. The zero-order valence-electron chi connectivity index (χ0n) is 8.06. The van der Waals surface area contributed by atoms with Crippen molar-refractivity contribution in [1.29, 1.82) is 0 Å². The lowest BCUT2D eigenvalue weighted by atomic mass is 9.68. The van der Waals surface area contributed by atoms with E-state index in [4.69, 9.17) is 0 Å². The maximum Gasteiger partial charge on any atom is 0.392 e. The minimum absolute atomic E-state index is 0.131. The molecule has 0 N–H and O–H groups in total. The molecule has 1 saturated carbocycles. The van der Waals surface area contributed by atoms with E-state index in [2.05, 4.69) is 0 Å². The van der Waals surface area contributed by atoms with Gasteiger partial charge < -0.3 is 0 Å². The zero-order chi connectivity index (χ0) is 10.2. The second kappa shape index (κ2) is 3.59. The van der Waals surface area contributed by atoms with Gasteiger partial charge in [-0.15, -0.1) is 0 Å². The van der Waals surface area contributed by atoms with E-state index < -0.39 is 12.1 Å². The molecular formula is C11H15F3. The van der Waals surface area contributed by atoms with Crippen LogP contribution in [0.1, 0.15) is 32.1 Å². The van der Waals surface area contributed by atoms with Crippen molar-refractivity contribution in [2.75, 3.05) is 0 Å². The molecule has 80 valence electrons. The highest BCUT2D eigenvalue weighted by Crippen LogP contribution is 2.47. The predicted molar refractivity (Wildman–Crippen MR) is 48.8 cm³/mol. The first kappa shape index (κ1) is 10.1. The number of alkyl halides is 3. The van der Waals surface area contributed by atoms with Crippen molar-refractivity contribution in [3.8, 4) is 0 Å². The normalized spacial score (nSPS) is 38.1. The van der Waals surface area contributed by atoms with Crippen LogP contribution in [-0.2, 0) is 0 Å². The van der Waals surface area contributed by atoms with Gasteiger partial charge in [0.05, 0.1) is 5.92 Å². The zero-order valence-corrected chi connectivity index (χ0v) is 8.06. The Morgan fingerprint density at radius 3 is 2.57 bits per heavy atom. The van der Waals surface area contributed by atoms with E-state index in [0.717, 1.165) is 25.7 Å². The average Bonchev–Trinajstić information content (AvgIpc) is 2.15. The highest BCUT2D eigenvalue weighted by atomic mass is 19.4. The molecule has 14 heavy (non-hydrogen) atoms. The summed E-state index contributed by atoms with van der Waals surface area (Å²) < 4.78 is 38.1. The fourth-order valence-corrected chi connectivity index (χ4v) is 2.92. The van der Waals surface area contributed by atoms with Gasteiger partial charge in [-0.3, -0.25) is 0 Å². The Bertz CT molecular complexity index is 229. The fourth-order valence-electron chi connectivity index (χ4n) is 2.92. The molecule has 3 unspecified atom stereocenters. The molecule has 0 spiro atoms. The molecule has 0 nitrogen and oxygen atoms in total. The van der Waals surface area contributed by atoms with Crippen molar-refractivity contribution >= 4 is 0 Å². The van der Waals surface area contributed by atoms with E-state index in [1.807, 2.05) is 12.2 Å². The van der Waals surface area contributed by atoms with Crippen molar-refractivity contribution in [3.05, 3.63) is 12.2 Å². The fraction of sp³-hybridized carbons (Fsp3) is 0.818. The first-order valence-electron chi connectivity index (χ1n) is 5.32. The lowest BCUT2D eigenvalue weighted by Crippen LogP contribution is -2.38. The summed E-state index contributed by atoms with van der Waals surface area (Å²) >= 11 is 0. The SMILES string of the molecule is FC(F)(F)C1CCCC2C=CCCC21. The van der Waals surface area contributed by atoms with Gasteiger partial charge >= 0.3 is 6.18 Å². The van der Waals surface area contributed by atoms with Gasteiger partial charge in [0.1, 0.15) is 0 Å². The number of allylic oxidation sites excluding steroid dienone is 2. The summed E-state index contributed by atoms with van der Waals surface area (Å²) in [7, 11) is 0. The summed E-state index contributed by atoms with van der Waals surface area (Å²) in [5.74, 6) is -0.968. The molecule has 2 rings (SSSR count). The Balaban J connectivity index is 2.14. The number of hydrogen-bond donors (Lipinski definition) is 0. The van der Waals surface area contributed by atoms with Crippen LogP contribution in [-0.4, -0.2) is 6.18 Å². The highest BCUT2D eigenvalue weighted by Gasteiger charge is 2.48. The largest absolute Gasteiger partial charge is 0.392 e. The van der Waals surface area contributed by atoms with E-state index >= 15 is 0 Å². The van der Waals surface area contributed by atoms with Crippen molar-refractivity contribution in [1.82, 2.24) is 0 Å². The molecule has 0 radical (unpaired) electrons. The molecule has 2 aliphatic rings. The number of fused-ring (bicyclic) bond motifs is 1. The number of rotatable bonds is 0. The van der Waals surface area contributed by atoms with Gasteiger partial charge in [0.2, 0.25) is 0 Å². The van der Waals surface area contributed by atoms with Crippen molar-refractivity contribution in [2.24, 2.45) is 17.8 Å². The summed E-state index contributed by atoms with van der Waals surface area (Å²) in [6.07, 6.45) is 3.65. The Morgan fingerprint density at radius 2 is 1.86 bits per heavy atom. The Morgan fingerprint density at radius 1 is 1.07 bits per heavy atom. The van der Waals surface area contributed by atoms with E-state index in [1.165, 1.54) is 0 Å². The van der Waals surface area contributed by atoms with Gasteiger partial charge in [-0.1, -0.05) is 18.6 Å². The van der Waals surface area contributed by atoms with Crippen LogP contribution in [0.3, 0.4) is 0 Å². The third kappa shape index (κ3) is 1.82. The van der Waals surface area contributed by atoms with E-state index in [-0.39, 0.29) is 11.8 Å². The molecule has 0 amide bonds. The topological polar surface area (TPSA) is 0 Å². The number of hydrogen-bond acceptors (Lipinski definition) is 0. The first-order valence-corrected chi connectivity index (χ1v) is 5.32. The maximum atomic E-state index is 12.7. The van der Waals surface area contributed by atoms with E-state index in [0.29, 0.717) is 6.42 Å². The van der Waals surface area contributed by atoms with Gasteiger partial charge in [-0.05, 0) is 37.5 Å². The van der Waals surface area contributed by atoms with Gasteiger partial charge in [-0.2, -0.15) is 13.2 Å². The van der Waals surface area contributed by atoms with Crippen LogP contribution < -0.4 is 0 Å². The second-order valence-electron chi connectivity index (χ2n) is 4.41. The molecule has 3 heteroatoms. The summed E-state index contributed by atoms with van der Waals surface area (Å²) in [5, 5.41) is 0. The Hall–Kier alpha value is -0.470. The number of halogens is 3. The quantitative estimate of drug-likeness (QED) is 0.524. The standard InChI is InChI=1S/C11H15F3/c12-11(13,14)10-7-3-5-8-4-1-2-6-9(8)10/h1,4,8-10H,2-3,5-7H2. The summed E-state index contributed by atoms with van der Waals surface area (Å²) in [6.45, 7) is 0. The van der Waals surface area contributed by atoms with Crippen molar-refractivity contribution in [3.63, 3.8) is 0 Å². The Kier molecular flexibility index (Phi) is 2.58. The minimum atomic E-state index is -3.98. The van der Waals surface area contributed by atoms with Crippen molar-refractivity contribution < 1.29 is 13.2 Å². The lowest BCUT2D eigenvalue weighted by Gasteiger charge is -2.39. The third-order valence-electron chi connectivity index (χ3n) is 3.59. The van der Waals surface area contributed by atoms with Crippen LogP contribution in [0.25, 0.3) is 0 Å². The van der Waals surface area contributed by atoms with Crippen LogP contribution in [0.5, 0.6) is 0 Å². The molecule has 0 saturated heterocycles. The molecule has 0 aromatic carbocycles. The van der Waals surface area contributed by atoms with Gasteiger partial charge in [-0.25, -0.2) is 0 Å². The molecule has 3 atom stereocenters. The second-order valence-corrected chi connectivity index (χ2v) is 4.41. The first-order chi connectivity index (χ1) is 6.59. The minimum Gasteiger partial charge on any atom is -0.171 e. The van der Waals surface area contributed by atoms with E-state index in [9.17, 15) is 13.2 Å². The van der Waals surface area contributed by atoms with Crippen LogP contribution in [0.2, 0.25) is 0 Å². The summed E-state index contributed by atoms with van der Waals surface area (Å²) in [5.41, 5.74) is 0. The molecule has 0 aromatic heterocycles. The van der Waals surface area contributed by atoms with Crippen LogP contribution in [0.4, 0.5) is 13.2 Å². The Labute approximate surface area is 82.2 Å². The third-order valence-corrected chi connectivity index (χ3v) is 3.59. The molecule has 0 bridgehead atoms. The van der Waals surface area contributed by atoms with Gasteiger partial charge in [0, 0.05) is 0 Å². The molecular weight excluding hydrogens is 189 g/mol. The van der Waals surface area contributed by atoms with Crippen LogP contribution in [0.15, 0.2) is 12.2 Å². The molecule has 2 aliphatic carbocycles. The maximum absolute atomic E-state index is 12.7. The molecule has 0 heterocycles. The average molecular weight is 204 g/mol. The summed E-state index contributed by atoms with van der Waals surface area (Å²) in [6, 6.07) is 0. The lowest BCUT2D eigenvalue weighted by molar-refractivity contribution is -0.201. The van der Waals surface area contributed by atoms with Gasteiger partial charge in [0.15, 0.2) is 0 Å². The van der Waals surface area contributed by atoms with Gasteiger partial charge in [0.25, 0.3) is 0 Å². The molecule has 1 fully saturated rings.